The maximum Gasteiger partial charge on any atom is 0.119 e. The van der Waals surface area contributed by atoms with Crippen LogP contribution >= 0.6 is 0 Å². The summed E-state index contributed by atoms with van der Waals surface area (Å²) in [5, 5.41) is 9.82. The molecule has 0 spiro atoms. The Bertz CT molecular complexity index is 316. The summed E-state index contributed by atoms with van der Waals surface area (Å²) >= 11 is 0. The lowest BCUT2D eigenvalue weighted by Gasteiger charge is -2.36. The van der Waals surface area contributed by atoms with Crippen molar-refractivity contribution >= 4 is 0 Å². The van der Waals surface area contributed by atoms with Gasteiger partial charge in [-0.05, 0) is 43.9 Å². The van der Waals surface area contributed by atoms with Crippen molar-refractivity contribution < 1.29 is 9.84 Å². The number of ether oxygens (including phenoxy) is 1. The van der Waals surface area contributed by atoms with E-state index in [-0.39, 0.29) is 0 Å². The van der Waals surface area contributed by atoms with E-state index in [9.17, 15) is 5.11 Å². The minimum atomic E-state index is -0.552. The normalized spacial score (nSPS) is 18.7. The van der Waals surface area contributed by atoms with Gasteiger partial charge in [0.2, 0.25) is 0 Å². The first-order chi connectivity index (χ1) is 6.68. The van der Waals surface area contributed by atoms with Crippen LogP contribution in [0.1, 0.15) is 24.8 Å². The van der Waals surface area contributed by atoms with E-state index in [0.717, 1.165) is 25.0 Å². The average molecular weight is 192 g/mol. The zero-order valence-corrected chi connectivity index (χ0v) is 8.49. The molecule has 0 bridgehead atoms. The summed E-state index contributed by atoms with van der Waals surface area (Å²) in [6.07, 6.45) is 2.87. The van der Waals surface area contributed by atoms with Gasteiger partial charge in [-0.3, -0.25) is 0 Å². The maximum atomic E-state index is 9.82. The molecular weight excluding hydrogens is 176 g/mol. The third-order valence-electron chi connectivity index (χ3n) is 2.78. The van der Waals surface area contributed by atoms with Gasteiger partial charge in [-0.1, -0.05) is 12.1 Å². The molecule has 14 heavy (non-hydrogen) atoms. The van der Waals surface area contributed by atoms with Crippen LogP contribution in [0.3, 0.4) is 0 Å². The second-order valence-corrected chi connectivity index (χ2v) is 4.18. The van der Waals surface area contributed by atoms with Gasteiger partial charge in [0.1, 0.15) is 12.4 Å². The summed E-state index contributed by atoms with van der Waals surface area (Å²) in [6, 6.07) is 7.91. The molecular formula is C12H16O2. The van der Waals surface area contributed by atoms with E-state index in [1.54, 1.807) is 0 Å². The number of rotatable bonds is 3. The molecule has 1 fully saturated rings. The van der Waals surface area contributed by atoms with E-state index >= 15 is 0 Å². The summed E-state index contributed by atoms with van der Waals surface area (Å²) in [5.74, 6) is 0.852. The van der Waals surface area contributed by atoms with E-state index in [1.807, 2.05) is 31.2 Å². The molecule has 0 atom stereocenters. The Hall–Kier alpha value is -1.02. The van der Waals surface area contributed by atoms with Crippen LogP contribution in [0.25, 0.3) is 0 Å². The molecule has 0 aliphatic heterocycles. The summed E-state index contributed by atoms with van der Waals surface area (Å²) in [4.78, 5) is 0. The van der Waals surface area contributed by atoms with Gasteiger partial charge in [-0.25, -0.2) is 0 Å². The van der Waals surface area contributed by atoms with Gasteiger partial charge in [-0.2, -0.15) is 0 Å². The summed E-state index contributed by atoms with van der Waals surface area (Å²) < 4.78 is 5.54. The highest BCUT2D eigenvalue weighted by atomic mass is 16.5. The zero-order valence-electron chi connectivity index (χ0n) is 8.49. The van der Waals surface area contributed by atoms with E-state index in [0.29, 0.717) is 6.61 Å². The number of hydrogen-bond donors (Lipinski definition) is 1. The van der Waals surface area contributed by atoms with Crippen molar-refractivity contribution in [3.05, 3.63) is 29.8 Å². The van der Waals surface area contributed by atoms with Crippen LogP contribution in [0, 0.1) is 6.92 Å². The van der Waals surface area contributed by atoms with Crippen LogP contribution in [-0.4, -0.2) is 17.3 Å². The average Bonchev–Trinajstić information content (AvgIpc) is 2.12. The highest BCUT2D eigenvalue weighted by Gasteiger charge is 2.35. The molecule has 0 amide bonds. The van der Waals surface area contributed by atoms with Crippen LogP contribution in [0.15, 0.2) is 24.3 Å². The van der Waals surface area contributed by atoms with Crippen LogP contribution in [0.4, 0.5) is 0 Å². The van der Waals surface area contributed by atoms with Crippen LogP contribution < -0.4 is 4.74 Å². The smallest absolute Gasteiger partial charge is 0.119 e. The molecule has 1 aliphatic carbocycles. The predicted molar refractivity (Wildman–Crippen MR) is 55.5 cm³/mol. The van der Waals surface area contributed by atoms with E-state index < -0.39 is 5.60 Å². The van der Waals surface area contributed by atoms with E-state index in [1.165, 1.54) is 5.56 Å². The molecule has 1 aromatic rings. The highest BCUT2D eigenvalue weighted by molar-refractivity contribution is 5.27. The maximum absolute atomic E-state index is 9.82. The van der Waals surface area contributed by atoms with Crippen molar-refractivity contribution in [1.82, 2.24) is 0 Å². The molecule has 2 rings (SSSR count). The molecule has 0 aromatic heterocycles. The molecule has 1 saturated carbocycles. The lowest BCUT2D eigenvalue weighted by Crippen LogP contribution is -2.42. The molecule has 2 nitrogen and oxygen atoms in total. The minimum Gasteiger partial charge on any atom is -0.491 e. The molecule has 0 radical (unpaired) electrons. The van der Waals surface area contributed by atoms with Gasteiger partial charge in [0.15, 0.2) is 0 Å². The monoisotopic (exact) mass is 192 g/mol. The second-order valence-electron chi connectivity index (χ2n) is 4.18. The van der Waals surface area contributed by atoms with Crippen molar-refractivity contribution in [2.75, 3.05) is 6.61 Å². The Labute approximate surface area is 84.5 Å². The highest BCUT2D eigenvalue weighted by Crippen LogP contribution is 2.32. The van der Waals surface area contributed by atoms with Crippen molar-refractivity contribution in [1.29, 1.82) is 0 Å². The molecule has 2 heteroatoms. The van der Waals surface area contributed by atoms with Crippen molar-refractivity contribution in [2.45, 2.75) is 31.8 Å². The van der Waals surface area contributed by atoms with E-state index in [4.69, 9.17) is 4.74 Å². The summed E-state index contributed by atoms with van der Waals surface area (Å²) in [5.41, 5.74) is 0.632. The molecule has 76 valence electrons. The van der Waals surface area contributed by atoms with Crippen molar-refractivity contribution in [3.8, 4) is 5.75 Å². The Morgan fingerprint density at radius 2 is 2.21 bits per heavy atom. The van der Waals surface area contributed by atoms with Crippen molar-refractivity contribution in [3.63, 3.8) is 0 Å². The third kappa shape index (κ3) is 2.07. The summed E-state index contributed by atoms with van der Waals surface area (Å²) in [7, 11) is 0. The van der Waals surface area contributed by atoms with Crippen LogP contribution in [0.2, 0.25) is 0 Å². The lowest BCUT2D eigenvalue weighted by molar-refractivity contribution is -0.0663. The fourth-order valence-corrected chi connectivity index (χ4v) is 1.65. The quantitative estimate of drug-likeness (QED) is 0.796. The first-order valence-electron chi connectivity index (χ1n) is 5.10. The number of aryl methyl sites for hydroxylation is 1. The van der Waals surface area contributed by atoms with Gasteiger partial charge in [0, 0.05) is 0 Å². The minimum absolute atomic E-state index is 0.427. The second kappa shape index (κ2) is 3.62. The third-order valence-corrected chi connectivity index (χ3v) is 2.78. The molecule has 1 aromatic carbocycles. The van der Waals surface area contributed by atoms with E-state index in [2.05, 4.69) is 0 Å². The topological polar surface area (TPSA) is 29.5 Å². The Balaban J connectivity index is 1.91. The molecule has 1 aliphatic rings. The largest absolute Gasteiger partial charge is 0.491 e. The first kappa shape index (κ1) is 9.53. The standard InChI is InChI=1S/C12H16O2/c1-10-4-2-5-11(8-10)14-9-12(13)6-3-7-12/h2,4-5,8,13H,3,6-7,9H2,1H3. The Kier molecular flexibility index (Phi) is 2.46. The lowest BCUT2D eigenvalue weighted by atomic mass is 9.81. The van der Waals surface area contributed by atoms with Crippen LogP contribution in [-0.2, 0) is 0 Å². The van der Waals surface area contributed by atoms with Crippen molar-refractivity contribution in [2.24, 2.45) is 0 Å². The Morgan fingerprint density at radius 1 is 1.43 bits per heavy atom. The predicted octanol–water partition coefficient (Wildman–Crippen LogP) is 2.29. The number of aliphatic hydroxyl groups is 1. The fourth-order valence-electron chi connectivity index (χ4n) is 1.65. The molecule has 0 saturated heterocycles. The molecule has 0 unspecified atom stereocenters. The van der Waals surface area contributed by atoms with Gasteiger partial charge in [0.25, 0.3) is 0 Å². The molecule has 0 heterocycles. The zero-order chi connectivity index (χ0) is 10.0. The van der Waals surface area contributed by atoms with Gasteiger partial charge in [0.05, 0.1) is 5.60 Å². The fraction of sp³-hybridized carbons (Fsp3) is 0.500. The Morgan fingerprint density at radius 3 is 2.79 bits per heavy atom. The van der Waals surface area contributed by atoms with Gasteiger partial charge in [-0.15, -0.1) is 0 Å². The SMILES string of the molecule is Cc1cccc(OCC2(O)CCC2)c1. The van der Waals surface area contributed by atoms with Gasteiger partial charge < -0.3 is 9.84 Å². The first-order valence-corrected chi connectivity index (χ1v) is 5.10. The number of benzene rings is 1. The summed E-state index contributed by atoms with van der Waals surface area (Å²) in [6.45, 7) is 2.46. The van der Waals surface area contributed by atoms with Crippen LogP contribution in [0.5, 0.6) is 5.75 Å². The number of hydrogen-bond acceptors (Lipinski definition) is 2. The van der Waals surface area contributed by atoms with Gasteiger partial charge >= 0.3 is 0 Å². The molecule has 1 N–H and O–H groups in total.